The summed E-state index contributed by atoms with van der Waals surface area (Å²) in [4.78, 5) is 11.0. The van der Waals surface area contributed by atoms with Crippen LogP contribution in [0.3, 0.4) is 0 Å². The number of carbonyl (C=O) groups excluding carboxylic acids is 1. The molecule has 0 fully saturated rings. The molecular formula is C14H21NO2. The van der Waals surface area contributed by atoms with Crippen LogP contribution in [-0.4, -0.2) is 19.1 Å². The van der Waals surface area contributed by atoms with Gasteiger partial charge in [-0.15, -0.1) is 0 Å². The number of hydrogen-bond acceptors (Lipinski definition) is 3. The van der Waals surface area contributed by atoms with Gasteiger partial charge in [-0.05, 0) is 37.8 Å². The average Bonchev–Trinajstić information content (AvgIpc) is 2.29. The van der Waals surface area contributed by atoms with Crippen LogP contribution in [0.1, 0.15) is 29.5 Å². The van der Waals surface area contributed by atoms with Crippen LogP contribution in [0, 0.1) is 13.8 Å². The molecule has 1 unspecified atom stereocenters. The third kappa shape index (κ3) is 4.57. The average molecular weight is 235 g/mol. The predicted octanol–water partition coefficient (Wildman–Crippen LogP) is 2.13. The van der Waals surface area contributed by atoms with Crippen LogP contribution < -0.4 is 5.73 Å². The van der Waals surface area contributed by atoms with Gasteiger partial charge in [0.05, 0.1) is 7.11 Å². The summed E-state index contributed by atoms with van der Waals surface area (Å²) in [5.41, 5.74) is 9.79. The summed E-state index contributed by atoms with van der Waals surface area (Å²) < 4.78 is 4.60. The standard InChI is InChI=1S/C14H21NO2/c1-10-4-5-12(11(2)8-10)9-13(15)6-7-14(16)17-3/h4-5,8,13H,6-7,9,15H2,1-3H3. The fraction of sp³-hybridized carbons (Fsp3) is 0.500. The highest BCUT2D eigenvalue weighted by molar-refractivity contribution is 5.69. The largest absolute Gasteiger partial charge is 0.469 e. The fourth-order valence-corrected chi connectivity index (χ4v) is 1.86. The first-order chi connectivity index (χ1) is 8.02. The lowest BCUT2D eigenvalue weighted by atomic mass is 9.97. The number of aryl methyl sites for hydroxylation is 2. The van der Waals surface area contributed by atoms with Gasteiger partial charge in [0.25, 0.3) is 0 Å². The Labute approximate surface area is 103 Å². The number of nitrogens with two attached hydrogens (primary N) is 1. The third-order valence-electron chi connectivity index (χ3n) is 2.93. The topological polar surface area (TPSA) is 52.3 Å². The number of rotatable bonds is 5. The van der Waals surface area contributed by atoms with E-state index in [9.17, 15) is 4.79 Å². The van der Waals surface area contributed by atoms with Crippen LogP contribution in [-0.2, 0) is 16.0 Å². The molecule has 3 nitrogen and oxygen atoms in total. The molecule has 0 saturated heterocycles. The monoisotopic (exact) mass is 235 g/mol. The Kier molecular flexibility index (Phi) is 5.16. The molecule has 0 aliphatic rings. The molecule has 0 bridgehead atoms. The Morgan fingerprint density at radius 2 is 2.12 bits per heavy atom. The molecule has 0 spiro atoms. The van der Waals surface area contributed by atoms with E-state index in [0.717, 1.165) is 6.42 Å². The molecule has 94 valence electrons. The highest BCUT2D eigenvalue weighted by Crippen LogP contribution is 2.13. The summed E-state index contributed by atoms with van der Waals surface area (Å²) in [7, 11) is 1.40. The fourth-order valence-electron chi connectivity index (χ4n) is 1.86. The van der Waals surface area contributed by atoms with Gasteiger partial charge in [0, 0.05) is 12.5 Å². The molecule has 0 aromatic heterocycles. The van der Waals surface area contributed by atoms with Gasteiger partial charge < -0.3 is 10.5 Å². The van der Waals surface area contributed by atoms with Crippen molar-refractivity contribution < 1.29 is 9.53 Å². The maximum absolute atomic E-state index is 11.0. The highest BCUT2D eigenvalue weighted by Gasteiger charge is 2.09. The summed E-state index contributed by atoms with van der Waals surface area (Å²) >= 11 is 0. The molecule has 1 aromatic rings. The molecule has 3 heteroatoms. The highest BCUT2D eigenvalue weighted by atomic mass is 16.5. The van der Waals surface area contributed by atoms with E-state index in [0.29, 0.717) is 12.8 Å². The second-order valence-electron chi connectivity index (χ2n) is 4.51. The number of carbonyl (C=O) groups is 1. The van der Waals surface area contributed by atoms with Gasteiger partial charge in [0.1, 0.15) is 0 Å². The number of methoxy groups -OCH3 is 1. The summed E-state index contributed by atoms with van der Waals surface area (Å²) in [6.07, 6.45) is 1.87. The third-order valence-corrected chi connectivity index (χ3v) is 2.93. The van der Waals surface area contributed by atoms with E-state index in [2.05, 4.69) is 36.8 Å². The van der Waals surface area contributed by atoms with E-state index < -0.39 is 0 Å². The molecule has 0 heterocycles. The first-order valence-electron chi connectivity index (χ1n) is 5.91. The molecule has 0 aliphatic carbocycles. The molecule has 17 heavy (non-hydrogen) atoms. The Morgan fingerprint density at radius 1 is 1.41 bits per heavy atom. The first-order valence-corrected chi connectivity index (χ1v) is 5.91. The molecule has 1 atom stereocenters. The lowest BCUT2D eigenvalue weighted by molar-refractivity contribution is -0.140. The van der Waals surface area contributed by atoms with Crippen molar-refractivity contribution >= 4 is 5.97 Å². The van der Waals surface area contributed by atoms with Crippen molar-refractivity contribution in [1.29, 1.82) is 0 Å². The van der Waals surface area contributed by atoms with Crippen molar-refractivity contribution in [3.8, 4) is 0 Å². The first kappa shape index (κ1) is 13.7. The Morgan fingerprint density at radius 3 is 2.71 bits per heavy atom. The van der Waals surface area contributed by atoms with Crippen molar-refractivity contribution in [2.45, 2.75) is 39.2 Å². The second kappa shape index (κ2) is 6.40. The van der Waals surface area contributed by atoms with Gasteiger partial charge in [-0.25, -0.2) is 0 Å². The van der Waals surface area contributed by atoms with Crippen LogP contribution in [0.25, 0.3) is 0 Å². The minimum atomic E-state index is -0.193. The maximum atomic E-state index is 11.0. The van der Waals surface area contributed by atoms with Gasteiger partial charge >= 0.3 is 5.97 Å². The molecule has 2 N–H and O–H groups in total. The van der Waals surface area contributed by atoms with E-state index in [-0.39, 0.29) is 12.0 Å². The lowest BCUT2D eigenvalue weighted by Crippen LogP contribution is -2.24. The number of esters is 1. The van der Waals surface area contributed by atoms with Crippen LogP contribution in [0.5, 0.6) is 0 Å². The lowest BCUT2D eigenvalue weighted by Gasteiger charge is -2.13. The zero-order valence-corrected chi connectivity index (χ0v) is 10.8. The van der Waals surface area contributed by atoms with Crippen molar-refractivity contribution in [3.63, 3.8) is 0 Å². The van der Waals surface area contributed by atoms with E-state index in [4.69, 9.17) is 5.73 Å². The zero-order chi connectivity index (χ0) is 12.8. The molecule has 0 amide bonds. The van der Waals surface area contributed by atoms with Gasteiger partial charge in [-0.2, -0.15) is 0 Å². The molecular weight excluding hydrogens is 214 g/mol. The smallest absolute Gasteiger partial charge is 0.305 e. The zero-order valence-electron chi connectivity index (χ0n) is 10.8. The minimum absolute atomic E-state index is 0.00973. The van der Waals surface area contributed by atoms with Crippen molar-refractivity contribution in [1.82, 2.24) is 0 Å². The predicted molar refractivity (Wildman–Crippen MR) is 68.8 cm³/mol. The van der Waals surface area contributed by atoms with Gasteiger partial charge in [-0.3, -0.25) is 4.79 Å². The van der Waals surface area contributed by atoms with E-state index in [1.807, 2.05) is 0 Å². The van der Waals surface area contributed by atoms with Crippen LogP contribution in [0.4, 0.5) is 0 Å². The molecule has 1 rings (SSSR count). The minimum Gasteiger partial charge on any atom is -0.469 e. The number of ether oxygens (including phenoxy) is 1. The molecule has 1 aromatic carbocycles. The van der Waals surface area contributed by atoms with Gasteiger partial charge in [-0.1, -0.05) is 23.8 Å². The Balaban J connectivity index is 2.50. The van der Waals surface area contributed by atoms with Crippen LogP contribution in [0.2, 0.25) is 0 Å². The van der Waals surface area contributed by atoms with Crippen molar-refractivity contribution in [2.24, 2.45) is 5.73 Å². The van der Waals surface area contributed by atoms with E-state index in [1.54, 1.807) is 0 Å². The normalized spacial score (nSPS) is 12.2. The quantitative estimate of drug-likeness (QED) is 0.795. The van der Waals surface area contributed by atoms with E-state index >= 15 is 0 Å². The second-order valence-corrected chi connectivity index (χ2v) is 4.51. The number of hydrogen-bond donors (Lipinski definition) is 1. The molecule has 0 aliphatic heterocycles. The van der Waals surface area contributed by atoms with Gasteiger partial charge in [0.2, 0.25) is 0 Å². The summed E-state index contributed by atoms with van der Waals surface area (Å²) in [5.74, 6) is -0.193. The number of benzene rings is 1. The SMILES string of the molecule is COC(=O)CCC(N)Cc1ccc(C)cc1C. The Bertz CT molecular complexity index is 388. The summed E-state index contributed by atoms with van der Waals surface area (Å²) in [6.45, 7) is 4.17. The molecule has 0 radical (unpaired) electrons. The summed E-state index contributed by atoms with van der Waals surface area (Å²) in [5, 5.41) is 0. The van der Waals surface area contributed by atoms with Crippen molar-refractivity contribution in [3.05, 3.63) is 34.9 Å². The Hall–Kier alpha value is -1.35. The van der Waals surface area contributed by atoms with Crippen LogP contribution in [0.15, 0.2) is 18.2 Å². The maximum Gasteiger partial charge on any atom is 0.305 e. The van der Waals surface area contributed by atoms with Gasteiger partial charge in [0.15, 0.2) is 0 Å². The molecule has 0 saturated carbocycles. The van der Waals surface area contributed by atoms with Crippen molar-refractivity contribution in [2.75, 3.05) is 7.11 Å². The summed E-state index contributed by atoms with van der Waals surface area (Å²) in [6, 6.07) is 6.37. The van der Waals surface area contributed by atoms with E-state index in [1.165, 1.54) is 23.8 Å². The van der Waals surface area contributed by atoms with Crippen LogP contribution >= 0.6 is 0 Å².